The maximum Gasteiger partial charge on any atom is 0.232 e. The number of methoxy groups -OCH3 is 1. The average Bonchev–Trinajstić information content (AvgIpc) is 2.54. The van der Waals surface area contributed by atoms with Gasteiger partial charge in [-0.05, 0) is 45.8 Å². The van der Waals surface area contributed by atoms with Crippen LogP contribution in [0.1, 0.15) is 5.56 Å². The molecule has 1 heterocycles. The van der Waals surface area contributed by atoms with Crippen molar-refractivity contribution in [3.05, 3.63) is 36.0 Å². The first-order valence-corrected chi connectivity index (χ1v) is 6.66. The van der Waals surface area contributed by atoms with Gasteiger partial charge in [-0.15, -0.1) is 0 Å². The molecule has 0 fully saturated rings. The largest absolute Gasteiger partial charge is 0.497 e. The zero-order valence-corrected chi connectivity index (χ0v) is 10.7. The number of ether oxygens (including phenoxy) is 1. The van der Waals surface area contributed by atoms with Crippen LogP contribution in [0.5, 0.6) is 5.75 Å². The quantitative estimate of drug-likeness (QED) is 0.841. The van der Waals surface area contributed by atoms with E-state index < -0.39 is 9.84 Å². The molecule has 0 amide bonds. The predicted molar refractivity (Wildman–Crippen MR) is 66.3 cm³/mol. The van der Waals surface area contributed by atoms with Crippen molar-refractivity contribution in [2.24, 2.45) is 4.99 Å². The van der Waals surface area contributed by atoms with Crippen molar-refractivity contribution in [1.82, 2.24) is 0 Å². The van der Waals surface area contributed by atoms with Gasteiger partial charge >= 0.3 is 0 Å². The van der Waals surface area contributed by atoms with E-state index in [1.807, 2.05) is 0 Å². The lowest BCUT2D eigenvalue weighted by Crippen LogP contribution is -2.05. The molecule has 1 aromatic rings. The Morgan fingerprint density at radius 2 is 1.88 bits per heavy atom. The average molecular weight is 302 g/mol. The van der Waals surface area contributed by atoms with Crippen LogP contribution in [0, 0.1) is 0 Å². The van der Waals surface area contributed by atoms with Crippen LogP contribution in [0.3, 0.4) is 0 Å². The van der Waals surface area contributed by atoms with Crippen molar-refractivity contribution in [3.63, 3.8) is 0 Å². The van der Waals surface area contributed by atoms with Crippen LogP contribution in [0.15, 0.2) is 35.5 Å². The monoisotopic (exact) mass is 301 g/mol. The molecule has 16 heavy (non-hydrogen) atoms. The molecule has 2 rings (SSSR count). The summed E-state index contributed by atoms with van der Waals surface area (Å²) in [5, 5.41) is 0. The molecule has 1 aliphatic heterocycles. The smallest absolute Gasteiger partial charge is 0.232 e. The van der Waals surface area contributed by atoms with Gasteiger partial charge in [0.15, 0.2) is 0 Å². The summed E-state index contributed by atoms with van der Waals surface area (Å²) >= 11 is 2.91. The minimum absolute atomic E-state index is 0.0502. The molecule has 0 N–H and O–H groups in total. The van der Waals surface area contributed by atoms with Crippen molar-refractivity contribution in [3.8, 4) is 5.75 Å². The first kappa shape index (κ1) is 11.3. The van der Waals surface area contributed by atoms with Gasteiger partial charge in [-0.1, -0.05) is 0 Å². The van der Waals surface area contributed by atoms with Gasteiger partial charge in [0.05, 0.1) is 12.0 Å². The molecule has 84 valence electrons. The molecule has 6 heteroatoms. The van der Waals surface area contributed by atoms with Crippen LogP contribution in [-0.2, 0) is 9.84 Å². The second-order valence-corrected chi connectivity index (χ2v) is 6.22. The molecule has 0 unspecified atom stereocenters. The van der Waals surface area contributed by atoms with Gasteiger partial charge in [0, 0.05) is 6.20 Å². The molecule has 0 bridgehead atoms. The van der Waals surface area contributed by atoms with Crippen molar-refractivity contribution in [2.75, 3.05) is 7.11 Å². The Hall–Kier alpha value is -1.14. The fourth-order valence-corrected chi connectivity index (χ4v) is 2.96. The Bertz CT molecular complexity index is 573. The number of hydrogen-bond donors (Lipinski definition) is 0. The summed E-state index contributed by atoms with van der Waals surface area (Å²) in [7, 11) is -1.90. The molecule has 0 saturated heterocycles. The van der Waals surface area contributed by atoms with E-state index in [1.165, 1.54) is 6.20 Å². The second-order valence-electron chi connectivity index (χ2n) is 3.11. The van der Waals surface area contributed by atoms with Gasteiger partial charge < -0.3 is 4.74 Å². The molecule has 4 nitrogen and oxygen atoms in total. The normalized spacial score (nSPS) is 17.9. The van der Waals surface area contributed by atoms with Crippen LogP contribution in [0.25, 0.3) is 4.91 Å². The summed E-state index contributed by atoms with van der Waals surface area (Å²) in [4.78, 5) is 3.94. The first-order valence-electron chi connectivity index (χ1n) is 4.38. The van der Waals surface area contributed by atoms with E-state index in [0.29, 0.717) is 11.3 Å². The van der Waals surface area contributed by atoms with Crippen molar-refractivity contribution < 1.29 is 13.2 Å². The Balaban J connectivity index is 2.41. The standard InChI is InChI=1S/C10H8BrNO3S/c1-15-8-4-2-7(3-5-8)9-6-12-10(11)16(9,13)14/h2-6H,1H3. The summed E-state index contributed by atoms with van der Waals surface area (Å²) in [6.07, 6.45) is 1.33. The molecule has 1 aromatic carbocycles. The van der Waals surface area contributed by atoms with Crippen LogP contribution in [0.2, 0.25) is 0 Å². The number of halogens is 1. The van der Waals surface area contributed by atoms with Gasteiger partial charge in [0.1, 0.15) is 5.75 Å². The lowest BCUT2D eigenvalue weighted by atomic mass is 10.2. The van der Waals surface area contributed by atoms with Crippen LogP contribution >= 0.6 is 15.9 Å². The Morgan fingerprint density at radius 1 is 1.25 bits per heavy atom. The molecule has 0 aliphatic carbocycles. The van der Waals surface area contributed by atoms with E-state index in [9.17, 15) is 8.42 Å². The Morgan fingerprint density at radius 3 is 2.31 bits per heavy atom. The van der Waals surface area contributed by atoms with Gasteiger partial charge in [-0.2, -0.15) is 0 Å². The molecule has 0 aromatic heterocycles. The third-order valence-corrected chi connectivity index (χ3v) is 5.12. The molecular formula is C10H8BrNO3S. The minimum Gasteiger partial charge on any atom is -0.497 e. The maximum absolute atomic E-state index is 11.8. The molecule has 0 spiro atoms. The topological polar surface area (TPSA) is 55.7 Å². The Labute approximate surface area is 102 Å². The van der Waals surface area contributed by atoms with Gasteiger partial charge in [-0.25, -0.2) is 13.4 Å². The zero-order chi connectivity index (χ0) is 11.8. The number of aliphatic imine (C=N–C) groups is 1. The van der Waals surface area contributed by atoms with Gasteiger partial charge in [0.2, 0.25) is 13.8 Å². The van der Waals surface area contributed by atoms with Gasteiger partial charge in [0.25, 0.3) is 0 Å². The fourth-order valence-electron chi connectivity index (χ4n) is 1.32. The summed E-state index contributed by atoms with van der Waals surface area (Å²) in [6.45, 7) is 0. The summed E-state index contributed by atoms with van der Waals surface area (Å²) < 4.78 is 28.5. The third kappa shape index (κ3) is 1.78. The molecule has 1 aliphatic rings. The predicted octanol–water partition coefficient (Wildman–Crippen LogP) is 2.17. The van der Waals surface area contributed by atoms with Crippen molar-refractivity contribution >= 4 is 34.6 Å². The molecule has 0 saturated carbocycles. The highest BCUT2D eigenvalue weighted by molar-refractivity contribution is 9.22. The molecule has 0 atom stereocenters. The van der Waals surface area contributed by atoms with Gasteiger partial charge in [-0.3, -0.25) is 0 Å². The van der Waals surface area contributed by atoms with Crippen LogP contribution in [0.4, 0.5) is 0 Å². The highest BCUT2D eigenvalue weighted by atomic mass is 79.9. The van der Waals surface area contributed by atoms with E-state index in [-0.39, 0.29) is 8.86 Å². The van der Waals surface area contributed by atoms with E-state index in [0.717, 1.165) is 0 Å². The lowest BCUT2D eigenvalue weighted by Gasteiger charge is -2.04. The number of nitrogens with zero attached hydrogens (tertiary/aromatic N) is 1. The highest BCUT2D eigenvalue weighted by Crippen LogP contribution is 2.30. The zero-order valence-electron chi connectivity index (χ0n) is 8.34. The Kier molecular flexibility index (Phi) is 2.86. The number of sulfone groups is 1. The lowest BCUT2D eigenvalue weighted by molar-refractivity contribution is 0.415. The number of benzene rings is 1. The summed E-state index contributed by atoms with van der Waals surface area (Å²) in [5.41, 5.74) is 0.596. The minimum atomic E-state index is -3.45. The number of hydrogen-bond acceptors (Lipinski definition) is 4. The highest BCUT2D eigenvalue weighted by Gasteiger charge is 2.28. The molecule has 0 radical (unpaired) electrons. The van der Waals surface area contributed by atoms with E-state index in [1.54, 1.807) is 31.4 Å². The fraction of sp³-hybridized carbons (Fsp3) is 0.100. The second kappa shape index (κ2) is 4.03. The SMILES string of the molecule is COc1ccc(C2=CN=C(Br)S2(=O)=O)cc1. The van der Waals surface area contributed by atoms with Crippen molar-refractivity contribution in [2.45, 2.75) is 0 Å². The van der Waals surface area contributed by atoms with Crippen LogP contribution in [-0.4, -0.2) is 19.5 Å². The first-order chi connectivity index (χ1) is 7.55. The van der Waals surface area contributed by atoms with E-state index in [2.05, 4.69) is 20.9 Å². The third-order valence-electron chi connectivity index (χ3n) is 2.17. The molecular weight excluding hydrogens is 294 g/mol. The summed E-state index contributed by atoms with van der Waals surface area (Å²) in [6, 6.07) is 6.78. The summed E-state index contributed by atoms with van der Waals surface area (Å²) in [5.74, 6) is 0.680. The van der Waals surface area contributed by atoms with Crippen LogP contribution < -0.4 is 4.74 Å². The van der Waals surface area contributed by atoms with Crippen molar-refractivity contribution in [1.29, 1.82) is 0 Å². The van der Waals surface area contributed by atoms with E-state index >= 15 is 0 Å². The van der Waals surface area contributed by atoms with E-state index in [4.69, 9.17) is 4.74 Å². The maximum atomic E-state index is 11.8. The number of rotatable bonds is 2.